The Morgan fingerprint density at radius 2 is 1.62 bits per heavy atom. The van der Waals surface area contributed by atoms with Gasteiger partial charge in [-0.2, -0.15) is 0 Å². The average Bonchev–Trinajstić information content (AvgIpc) is 2.28. The summed E-state index contributed by atoms with van der Waals surface area (Å²) >= 11 is 0. The molecule has 0 aliphatic heterocycles. The average molecular weight is 246 g/mol. The highest BCUT2D eigenvalue weighted by Crippen LogP contribution is 2.31. The predicted molar refractivity (Wildman–Crippen MR) is 72.7 cm³/mol. The first-order chi connectivity index (χ1) is 7.37. The van der Waals surface area contributed by atoms with Crippen molar-refractivity contribution in [1.82, 2.24) is 0 Å². The summed E-state index contributed by atoms with van der Waals surface area (Å²) in [6, 6.07) is 0. The number of carbonyl (C=O) groups is 1. The van der Waals surface area contributed by atoms with E-state index in [1.165, 1.54) is 0 Å². The van der Waals surface area contributed by atoms with Gasteiger partial charge in [0.25, 0.3) is 0 Å². The maximum atomic E-state index is 12.1. The molecule has 16 heavy (non-hydrogen) atoms. The van der Waals surface area contributed by atoms with Gasteiger partial charge in [0.05, 0.1) is 5.16 Å². The van der Waals surface area contributed by atoms with Crippen LogP contribution in [0.3, 0.4) is 0 Å². The van der Waals surface area contributed by atoms with E-state index in [0.717, 1.165) is 32.1 Å². The molecule has 0 spiro atoms. The third kappa shape index (κ3) is 4.05. The molecule has 0 amide bonds. The summed E-state index contributed by atoms with van der Waals surface area (Å²) in [6.07, 6.45) is 4.58. The number of rotatable bonds is 7. The molecule has 96 valence electrons. The van der Waals surface area contributed by atoms with E-state index in [0.29, 0.717) is 0 Å². The van der Waals surface area contributed by atoms with E-state index in [-0.39, 0.29) is 11.6 Å². The Bertz CT molecular complexity index is 220. The molecule has 0 fully saturated rings. The molecule has 0 aromatic carbocycles. The number of hydrogen-bond acceptors (Lipinski definition) is 2. The van der Waals surface area contributed by atoms with Crippen LogP contribution in [0.1, 0.15) is 66.7 Å². The van der Waals surface area contributed by atoms with E-state index >= 15 is 0 Å². The molecule has 0 rings (SSSR count). The highest BCUT2D eigenvalue weighted by molar-refractivity contribution is 7.20. The lowest BCUT2D eigenvalue weighted by Crippen LogP contribution is -2.40. The molecule has 0 aromatic heterocycles. The highest BCUT2D eigenvalue weighted by Gasteiger charge is 2.35. The van der Waals surface area contributed by atoms with Crippen LogP contribution in [0.4, 0.5) is 0 Å². The zero-order chi connectivity index (χ0) is 12.8. The lowest BCUT2D eigenvalue weighted by Gasteiger charge is -2.34. The van der Waals surface area contributed by atoms with Crippen LogP contribution in [0.15, 0.2) is 0 Å². The topological polar surface area (TPSA) is 26.3 Å². The maximum Gasteiger partial charge on any atom is 0.316 e. The zero-order valence-corrected chi connectivity index (χ0v) is 12.6. The van der Waals surface area contributed by atoms with Gasteiger partial charge in [-0.25, -0.2) is 0 Å². The van der Waals surface area contributed by atoms with Crippen molar-refractivity contribution in [3.05, 3.63) is 0 Å². The first-order valence-electron chi connectivity index (χ1n) is 6.39. The van der Waals surface area contributed by atoms with Crippen LogP contribution in [0.5, 0.6) is 0 Å². The number of esters is 1. The second-order valence-electron chi connectivity index (χ2n) is 4.80. The van der Waals surface area contributed by atoms with Crippen molar-refractivity contribution in [1.29, 1.82) is 0 Å². The molecule has 0 heterocycles. The van der Waals surface area contributed by atoms with E-state index in [4.69, 9.17) is 4.74 Å². The van der Waals surface area contributed by atoms with Crippen molar-refractivity contribution >= 4 is 15.2 Å². The third-order valence-corrected chi connectivity index (χ3v) is 4.15. The van der Waals surface area contributed by atoms with Crippen molar-refractivity contribution in [2.75, 3.05) is 0 Å². The van der Waals surface area contributed by atoms with E-state index in [1.54, 1.807) is 0 Å². The van der Waals surface area contributed by atoms with Gasteiger partial charge in [-0.1, -0.05) is 34.1 Å². The minimum Gasteiger partial charge on any atom is -0.458 e. The van der Waals surface area contributed by atoms with Gasteiger partial charge >= 0.3 is 5.97 Å². The molecule has 0 radical (unpaired) electrons. The van der Waals surface area contributed by atoms with Crippen LogP contribution in [0, 0.1) is 0 Å². The molecule has 0 N–H and O–H groups in total. The largest absolute Gasteiger partial charge is 0.458 e. The van der Waals surface area contributed by atoms with Crippen LogP contribution in [-0.2, 0) is 9.53 Å². The zero-order valence-electron chi connectivity index (χ0n) is 11.4. The number of carbonyl (C=O) groups excluding carboxylic acids is 1. The van der Waals surface area contributed by atoms with Crippen LogP contribution in [-0.4, -0.2) is 16.7 Å². The van der Waals surface area contributed by atoms with E-state index in [1.807, 2.05) is 13.8 Å². The molecule has 0 bridgehead atoms. The molecule has 0 saturated heterocycles. The standard InChI is InChI=1S/C13H27O2P/c1-6-10-13(8-3,9-4)15-11(14)12(5,16)7-2/h6-10,16H2,1-5H3. The van der Waals surface area contributed by atoms with Gasteiger partial charge in [0.2, 0.25) is 0 Å². The summed E-state index contributed by atoms with van der Waals surface area (Å²) in [6.45, 7) is 10.3. The second-order valence-corrected chi connectivity index (χ2v) is 6.07. The summed E-state index contributed by atoms with van der Waals surface area (Å²) in [5.41, 5.74) is -0.251. The van der Waals surface area contributed by atoms with Crippen molar-refractivity contribution in [3.63, 3.8) is 0 Å². The molecule has 2 unspecified atom stereocenters. The molecule has 3 heteroatoms. The number of ether oxygens (including phenoxy) is 1. The Labute approximate surface area is 103 Å². The van der Waals surface area contributed by atoms with Crippen molar-refractivity contribution in [2.24, 2.45) is 0 Å². The fraction of sp³-hybridized carbons (Fsp3) is 0.923. The molecule has 0 aromatic rings. The lowest BCUT2D eigenvalue weighted by atomic mass is 9.91. The Hall–Kier alpha value is -0.100. The van der Waals surface area contributed by atoms with Gasteiger partial charge in [0.15, 0.2) is 0 Å². The molecular weight excluding hydrogens is 219 g/mol. The molecule has 2 atom stereocenters. The van der Waals surface area contributed by atoms with Gasteiger partial charge in [-0.3, -0.25) is 4.79 Å². The van der Waals surface area contributed by atoms with E-state index < -0.39 is 5.16 Å². The van der Waals surface area contributed by atoms with Crippen LogP contribution in [0.25, 0.3) is 0 Å². The Kier molecular flexibility index (Phi) is 6.55. The van der Waals surface area contributed by atoms with Crippen molar-refractivity contribution in [2.45, 2.75) is 77.5 Å². The first-order valence-corrected chi connectivity index (χ1v) is 6.97. The monoisotopic (exact) mass is 246 g/mol. The number of hydrogen-bond donors (Lipinski definition) is 0. The van der Waals surface area contributed by atoms with Gasteiger partial charge < -0.3 is 4.74 Å². The molecule has 0 aliphatic rings. The van der Waals surface area contributed by atoms with Gasteiger partial charge in [0, 0.05) is 0 Å². The summed E-state index contributed by atoms with van der Waals surface area (Å²) < 4.78 is 5.77. The fourth-order valence-electron chi connectivity index (χ4n) is 1.71. The summed E-state index contributed by atoms with van der Waals surface area (Å²) in [7, 11) is 2.61. The SMILES string of the molecule is CCCC(CC)(CC)OC(=O)C(C)(P)CC. The van der Waals surface area contributed by atoms with Crippen LogP contribution >= 0.6 is 9.24 Å². The summed E-state index contributed by atoms with van der Waals surface area (Å²) in [5.74, 6) is -0.0860. The van der Waals surface area contributed by atoms with Crippen molar-refractivity contribution in [3.8, 4) is 0 Å². The second kappa shape index (κ2) is 6.59. The van der Waals surface area contributed by atoms with Crippen molar-refractivity contribution < 1.29 is 9.53 Å². The molecule has 2 nitrogen and oxygen atoms in total. The van der Waals surface area contributed by atoms with Gasteiger partial charge in [-0.15, -0.1) is 9.24 Å². The lowest BCUT2D eigenvalue weighted by molar-refractivity contribution is -0.164. The fourth-order valence-corrected chi connectivity index (χ4v) is 1.77. The maximum absolute atomic E-state index is 12.1. The smallest absolute Gasteiger partial charge is 0.316 e. The molecular formula is C13H27O2P. The van der Waals surface area contributed by atoms with Gasteiger partial charge in [-0.05, 0) is 32.6 Å². The highest BCUT2D eigenvalue weighted by atomic mass is 31.0. The van der Waals surface area contributed by atoms with Crippen LogP contribution in [0.2, 0.25) is 0 Å². The quantitative estimate of drug-likeness (QED) is 0.502. The Morgan fingerprint density at radius 3 is 1.94 bits per heavy atom. The normalized spacial score (nSPS) is 15.6. The molecule has 0 saturated carbocycles. The summed E-state index contributed by atoms with van der Waals surface area (Å²) in [5, 5.41) is -0.441. The minimum absolute atomic E-state index is 0.0860. The van der Waals surface area contributed by atoms with E-state index in [2.05, 4.69) is 30.0 Å². The van der Waals surface area contributed by atoms with E-state index in [9.17, 15) is 4.79 Å². The predicted octanol–water partition coefficient (Wildman–Crippen LogP) is 3.93. The summed E-state index contributed by atoms with van der Waals surface area (Å²) in [4.78, 5) is 12.1. The van der Waals surface area contributed by atoms with Gasteiger partial charge in [0.1, 0.15) is 5.60 Å². The first kappa shape index (κ1) is 15.9. The molecule has 0 aliphatic carbocycles. The van der Waals surface area contributed by atoms with Crippen LogP contribution < -0.4 is 0 Å². The Morgan fingerprint density at radius 1 is 1.12 bits per heavy atom. The minimum atomic E-state index is -0.441. The Balaban J connectivity index is 4.69. The third-order valence-electron chi connectivity index (χ3n) is 3.50.